The van der Waals surface area contributed by atoms with Crippen molar-refractivity contribution in [3.8, 4) is 0 Å². The Kier molecular flexibility index (Phi) is 9.30. The van der Waals surface area contributed by atoms with Crippen LogP contribution in [0.1, 0.15) is 47.0 Å². The van der Waals surface area contributed by atoms with Crippen molar-refractivity contribution in [2.24, 2.45) is 0 Å². The summed E-state index contributed by atoms with van der Waals surface area (Å²) in [6.45, 7) is 9.61. The van der Waals surface area contributed by atoms with E-state index in [2.05, 4.69) is 22.9 Å². The molecule has 5 nitrogen and oxygen atoms in total. The molecular formula is C13H27N3O2S. The van der Waals surface area contributed by atoms with Crippen LogP contribution in [0.4, 0.5) is 4.79 Å². The molecule has 0 aromatic rings. The molecule has 0 saturated heterocycles. The summed E-state index contributed by atoms with van der Waals surface area (Å²) in [4.78, 5) is 11.3. The molecule has 0 atom stereocenters. The molecule has 0 rings (SSSR count). The standard InChI is InChI=1S/C13H27N3O2S/c1-5-6-7-8-14-11(19)15-9-10-16-12(17)18-13(2,3)4/h5-10H2,1-4H3,(H,16,17)(H2,14,15,19). The molecule has 0 aliphatic heterocycles. The largest absolute Gasteiger partial charge is 0.444 e. The second-order valence-electron chi connectivity index (χ2n) is 5.32. The van der Waals surface area contributed by atoms with E-state index in [0.29, 0.717) is 18.2 Å². The lowest BCUT2D eigenvalue weighted by molar-refractivity contribution is 0.0529. The highest BCUT2D eigenvalue weighted by Crippen LogP contribution is 2.05. The number of thiocarbonyl (C=S) groups is 1. The number of unbranched alkanes of at least 4 members (excludes halogenated alkanes) is 2. The first kappa shape index (κ1) is 18.0. The fourth-order valence-electron chi connectivity index (χ4n) is 1.29. The van der Waals surface area contributed by atoms with Gasteiger partial charge >= 0.3 is 6.09 Å². The Morgan fingerprint density at radius 1 is 1.05 bits per heavy atom. The van der Waals surface area contributed by atoms with Gasteiger partial charge in [0.15, 0.2) is 5.11 Å². The fraction of sp³-hybridized carbons (Fsp3) is 0.846. The van der Waals surface area contributed by atoms with Gasteiger partial charge in [0, 0.05) is 19.6 Å². The third kappa shape index (κ3) is 13.2. The van der Waals surface area contributed by atoms with Crippen LogP contribution in [0, 0.1) is 0 Å². The molecular weight excluding hydrogens is 262 g/mol. The van der Waals surface area contributed by atoms with Gasteiger partial charge in [-0.3, -0.25) is 0 Å². The van der Waals surface area contributed by atoms with Crippen molar-refractivity contribution in [2.75, 3.05) is 19.6 Å². The maximum Gasteiger partial charge on any atom is 0.407 e. The normalized spacial score (nSPS) is 10.7. The van der Waals surface area contributed by atoms with Gasteiger partial charge in [-0.25, -0.2) is 4.79 Å². The number of carbonyl (C=O) groups is 1. The quantitative estimate of drug-likeness (QED) is 0.495. The Balaban J connectivity index is 3.48. The number of alkyl carbamates (subject to hydrolysis) is 1. The van der Waals surface area contributed by atoms with Crippen LogP contribution in [0.2, 0.25) is 0 Å². The van der Waals surface area contributed by atoms with Crippen molar-refractivity contribution in [1.82, 2.24) is 16.0 Å². The van der Waals surface area contributed by atoms with E-state index < -0.39 is 11.7 Å². The van der Waals surface area contributed by atoms with Crippen molar-refractivity contribution in [1.29, 1.82) is 0 Å². The van der Waals surface area contributed by atoms with Crippen molar-refractivity contribution >= 4 is 23.4 Å². The summed E-state index contributed by atoms with van der Waals surface area (Å²) in [7, 11) is 0. The second kappa shape index (κ2) is 9.83. The second-order valence-corrected chi connectivity index (χ2v) is 5.73. The van der Waals surface area contributed by atoms with Gasteiger partial charge in [0.05, 0.1) is 0 Å². The molecule has 0 radical (unpaired) electrons. The highest BCUT2D eigenvalue weighted by atomic mass is 32.1. The predicted octanol–water partition coefficient (Wildman–Crippen LogP) is 2.17. The van der Waals surface area contributed by atoms with Gasteiger partial charge in [0.25, 0.3) is 0 Å². The van der Waals surface area contributed by atoms with Gasteiger partial charge in [-0.05, 0) is 39.4 Å². The maximum absolute atomic E-state index is 11.3. The van der Waals surface area contributed by atoms with E-state index in [9.17, 15) is 4.79 Å². The van der Waals surface area contributed by atoms with E-state index in [1.54, 1.807) is 0 Å². The summed E-state index contributed by atoms with van der Waals surface area (Å²) >= 11 is 5.10. The summed E-state index contributed by atoms with van der Waals surface area (Å²) in [6, 6.07) is 0. The average Bonchev–Trinajstić information content (AvgIpc) is 2.28. The average molecular weight is 289 g/mol. The van der Waals surface area contributed by atoms with Crippen molar-refractivity contribution < 1.29 is 9.53 Å². The maximum atomic E-state index is 11.3. The Hall–Kier alpha value is -1.04. The predicted molar refractivity (Wildman–Crippen MR) is 82.4 cm³/mol. The summed E-state index contributed by atoms with van der Waals surface area (Å²) in [5.41, 5.74) is -0.465. The first-order valence-electron chi connectivity index (χ1n) is 6.83. The summed E-state index contributed by atoms with van der Waals surface area (Å²) in [5, 5.41) is 9.43. The molecule has 112 valence electrons. The van der Waals surface area contributed by atoms with Crippen LogP contribution in [0.5, 0.6) is 0 Å². The Morgan fingerprint density at radius 3 is 2.21 bits per heavy atom. The van der Waals surface area contributed by atoms with E-state index in [-0.39, 0.29) is 0 Å². The lowest BCUT2D eigenvalue weighted by Crippen LogP contribution is -2.41. The van der Waals surface area contributed by atoms with Crippen LogP contribution in [-0.2, 0) is 4.74 Å². The first-order chi connectivity index (χ1) is 8.85. The van der Waals surface area contributed by atoms with Crippen LogP contribution < -0.4 is 16.0 Å². The number of nitrogens with one attached hydrogen (secondary N) is 3. The highest BCUT2D eigenvalue weighted by Gasteiger charge is 2.15. The number of ether oxygens (including phenoxy) is 1. The van der Waals surface area contributed by atoms with Gasteiger partial charge in [0.1, 0.15) is 5.60 Å². The lowest BCUT2D eigenvalue weighted by Gasteiger charge is -2.19. The fourth-order valence-corrected chi connectivity index (χ4v) is 1.50. The third-order valence-corrected chi connectivity index (χ3v) is 2.43. The van der Waals surface area contributed by atoms with Gasteiger partial charge in [-0.2, -0.15) is 0 Å². The molecule has 0 aromatic carbocycles. The smallest absolute Gasteiger partial charge is 0.407 e. The third-order valence-electron chi connectivity index (χ3n) is 2.14. The molecule has 6 heteroatoms. The van der Waals surface area contributed by atoms with Crippen LogP contribution in [0.3, 0.4) is 0 Å². The van der Waals surface area contributed by atoms with E-state index in [0.717, 1.165) is 13.0 Å². The SMILES string of the molecule is CCCCCNC(=S)NCCNC(=O)OC(C)(C)C. The van der Waals surface area contributed by atoms with Gasteiger partial charge < -0.3 is 20.7 Å². The molecule has 0 aliphatic rings. The first-order valence-corrected chi connectivity index (χ1v) is 7.24. The number of carbonyl (C=O) groups excluding carboxylic acids is 1. The van der Waals surface area contributed by atoms with Crippen molar-refractivity contribution in [2.45, 2.75) is 52.6 Å². The molecule has 19 heavy (non-hydrogen) atoms. The Morgan fingerprint density at radius 2 is 1.63 bits per heavy atom. The monoisotopic (exact) mass is 289 g/mol. The molecule has 0 fully saturated rings. The summed E-state index contributed by atoms with van der Waals surface area (Å²) in [5.74, 6) is 0. The Bertz CT molecular complexity index is 278. The molecule has 0 unspecified atom stereocenters. The summed E-state index contributed by atoms with van der Waals surface area (Å²) < 4.78 is 5.11. The molecule has 0 spiro atoms. The zero-order chi connectivity index (χ0) is 14.7. The zero-order valence-corrected chi connectivity index (χ0v) is 13.3. The molecule has 0 saturated carbocycles. The van der Waals surface area contributed by atoms with E-state index >= 15 is 0 Å². The summed E-state index contributed by atoms with van der Waals surface area (Å²) in [6.07, 6.45) is 3.11. The minimum atomic E-state index is -0.465. The number of hydrogen-bond donors (Lipinski definition) is 3. The van der Waals surface area contributed by atoms with Crippen molar-refractivity contribution in [3.63, 3.8) is 0 Å². The molecule has 0 heterocycles. The van der Waals surface area contributed by atoms with Gasteiger partial charge in [-0.1, -0.05) is 19.8 Å². The van der Waals surface area contributed by atoms with Gasteiger partial charge in [-0.15, -0.1) is 0 Å². The van der Waals surface area contributed by atoms with Crippen LogP contribution in [0.15, 0.2) is 0 Å². The number of rotatable bonds is 7. The van der Waals surface area contributed by atoms with Crippen LogP contribution >= 0.6 is 12.2 Å². The van der Waals surface area contributed by atoms with Crippen molar-refractivity contribution in [3.05, 3.63) is 0 Å². The van der Waals surface area contributed by atoms with E-state index in [1.807, 2.05) is 20.8 Å². The molecule has 1 amide bonds. The van der Waals surface area contributed by atoms with Crippen LogP contribution in [-0.4, -0.2) is 36.4 Å². The zero-order valence-electron chi connectivity index (χ0n) is 12.5. The van der Waals surface area contributed by atoms with Crippen LogP contribution in [0.25, 0.3) is 0 Å². The van der Waals surface area contributed by atoms with E-state index in [1.165, 1.54) is 12.8 Å². The molecule has 0 aliphatic carbocycles. The number of hydrogen-bond acceptors (Lipinski definition) is 3. The van der Waals surface area contributed by atoms with E-state index in [4.69, 9.17) is 17.0 Å². The number of amides is 1. The lowest BCUT2D eigenvalue weighted by atomic mass is 10.2. The minimum Gasteiger partial charge on any atom is -0.444 e. The molecule has 0 bridgehead atoms. The highest BCUT2D eigenvalue weighted by molar-refractivity contribution is 7.80. The minimum absolute atomic E-state index is 0.406. The topological polar surface area (TPSA) is 62.4 Å². The molecule has 0 aromatic heterocycles. The Labute approximate surface area is 121 Å². The van der Waals surface area contributed by atoms with Gasteiger partial charge in [0.2, 0.25) is 0 Å². The molecule has 3 N–H and O–H groups in total.